The fourth-order valence-corrected chi connectivity index (χ4v) is 2.20. The van der Waals surface area contributed by atoms with E-state index in [1.807, 2.05) is 18.2 Å². The molecule has 1 aliphatic rings. The van der Waals surface area contributed by atoms with Crippen LogP contribution in [-0.2, 0) is 0 Å². The third-order valence-corrected chi connectivity index (χ3v) is 3.36. The van der Waals surface area contributed by atoms with Gasteiger partial charge in [0.2, 0.25) is 0 Å². The maximum Gasteiger partial charge on any atom is 0.135 e. The minimum atomic E-state index is 0.602. The van der Waals surface area contributed by atoms with Gasteiger partial charge in [-0.1, -0.05) is 6.07 Å². The van der Waals surface area contributed by atoms with Gasteiger partial charge in [-0.3, -0.25) is 0 Å². The maximum atomic E-state index is 4.23. The lowest BCUT2D eigenvalue weighted by molar-refractivity contribution is 1.08. The Labute approximate surface area is 119 Å². The Bertz CT molecular complexity index is 554. The summed E-state index contributed by atoms with van der Waals surface area (Å²) in [6, 6.07) is 10.7. The van der Waals surface area contributed by atoms with Crippen LogP contribution in [0.15, 0.2) is 36.7 Å². The number of rotatable bonds is 4. The minimum absolute atomic E-state index is 0.602. The molecule has 2 N–H and O–H groups in total. The highest BCUT2D eigenvalue weighted by Crippen LogP contribution is 2.25. The van der Waals surface area contributed by atoms with E-state index in [1.165, 1.54) is 16.4 Å². The normalized spacial score (nSPS) is 14.3. The van der Waals surface area contributed by atoms with E-state index in [-0.39, 0.29) is 0 Å². The second kappa shape index (κ2) is 5.09. The molecule has 0 radical (unpaired) electrons. The van der Waals surface area contributed by atoms with E-state index in [0.29, 0.717) is 6.04 Å². The summed E-state index contributed by atoms with van der Waals surface area (Å²) < 4.78 is 1.20. The molecule has 1 saturated carbocycles. The highest BCUT2D eigenvalue weighted by atomic mass is 127. The molecular formula is C13H13IN4. The average Bonchev–Trinajstić information content (AvgIpc) is 3.13. The Balaban J connectivity index is 1.75. The van der Waals surface area contributed by atoms with Gasteiger partial charge in [0.1, 0.15) is 18.0 Å². The molecule has 5 heteroatoms. The van der Waals surface area contributed by atoms with Crippen molar-refractivity contribution in [1.82, 2.24) is 9.97 Å². The molecule has 0 aliphatic heterocycles. The zero-order valence-corrected chi connectivity index (χ0v) is 11.9. The van der Waals surface area contributed by atoms with E-state index >= 15 is 0 Å². The Morgan fingerprint density at radius 2 is 1.94 bits per heavy atom. The van der Waals surface area contributed by atoms with Gasteiger partial charge in [0.05, 0.1) is 0 Å². The summed E-state index contributed by atoms with van der Waals surface area (Å²) in [5.41, 5.74) is 1.04. The van der Waals surface area contributed by atoms with Crippen molar-refractivity contribution in [3.63, 3.8) is 0 Å². The second-order valence-corrected chi connectivity index (χ2v) is 5.59. The van der Waals surface area contributed by atoms with Crippen LogP contribution < -0.4 is 10.6 Å². The van der Waals surface area contributed by atoms with Gasteiger partial charge in [-0.2, -0.15) is 0 Å². The predicted molar refractivity (Wildman–Crippen MR) is 81.1 cm³/mol. The minimum Gasteiger partial charge on any atom is -0.367 e. The van der Waals surface area contributed by atoms with Crippen molar-refractivity contribution in [2.45, 2.75) is 18.9 Å². The van der Waals surface area contributed by atoms with Gasteiger partial charge in [-0.25, -0.2) is 9.97 Å². The summed E-state index contributed by atoms with van der Waals surface area (Å²) in [6.07, 6.45) is 4.06. The smallest absolute Gasteiger partial charge is 0.135 e. The lowest BCUT2D eigenvalue weighted by Crippen LogP contribution is -2.04. The monoisotopic (exact) mass is 352 g/mol. The molecule has 1 aromatic carbocycles. The Morgan fingerprint density at radius 1 is 1.11 bits per heavy atom. The molecule has 1 fully saturated rings. The molecule has 1 aromatic heterocycles. The van der Waals surface area contributed by atoms with Crippen molar-refractivity contribution >= 4 is 39.9 Å². The fourth-order valence-electron chi connectivity index (χ4n) is 1.66. The van der Waals surface area contributed by atoms with Crippen LogP contribution in [0.1, 0.15) is 12.8 Å². The molecule has 0 spiro atoms. The number of nitrogens with zero attached hydrogens (tertiary/aromatic N) is 2. The van der Waals surface area contributed by atoms with Crippen molar-refractivity contribution in [1.29, 1.82) is 0 Å². The molecule has 0 unspecified atom stereocenters. The van der Waals surface area contributed by atoms with Gasteiger partial charge in [-0.15, -0.1) is 0 Å². The van der Waals surface area contributed by atoms with E-state index in [0.717, 1.165) is 17.3 Å². The molecule has 1 aliphatic carbocycles. The molecule has 0 amide bonds. The van der Waals surface area contributed by atoms with Gasteiger partial charge < -0.3 is 10.6 Å². The predicted octanol–water partition coefficient (Wildman–Crippen LogP) is 3.40. The lowest BCUT2D eigenvalue weighted by Gasteiger charge is -2.08. The summed E-state index contributed by atoms with van der Waals surface area (Å²) in [5, 5.41) is 6.64. The molecule has 0 atom stereocenters. The zero-order chi connectivity index (χ0) is 12.4. The first-order valence-corrected chi connectivity index (χ1v) is 6.99. The van der Waals surface area contributed by atoms with E-state index < -0.39 is 0 Å². The van der Waals surface area contributed by atoms with Crippen molar-refractivity contribution in [3.05, 3.63) is 40.2 Å². The van der Waals surface area contributed by atoms with Crippen LogP contribution in [0.25, 0.3) is 0 Å². The summed E-state index contributed by atoms with van der Waals surface area (Å²) >= 11 is 2.29. The maximum absolute atomic E-state index is 4.23. The van der Waals surface area contributed by atoms with Gasteiger partial charge in [-0.05, 0) is 53.6 Å². The first-order valence-electron chi connectivity index (χ1n) is 5.91. The second-order valence-electron chi connectivity index (χ2n) is 4.34. The fraction of sp³-hybridized carbons (Fsp3) is 0.231. The highest BCUT2D eigenvalue weighted by Gasteiger charge is 2.21. The van der Waals surface area contributed by atoms with E-state index in [2.05, 4.69) is 55.3 Å². The van der Waals surface area contributed by atoms with Crippen molar-refractivity contribution in [3.8, 4) is 0 Å². The van der Waals surface area contributed by atoms with Crippen LogP contribution in [0, 0.1) is 3.57 Å². The van der Waals surface area contributed by atoms with Gasteiger partial charge in [0.15, 0.2) is 0 Å². The Kier molecular flexibility index (Phi) is 3.31. The molecular weight excluding hydrogens is 339 g/mol. The quantitative estimate of drug-likeness (QED) is 0.829. The number of benzene rings is 1. The first-order chi connectivity index (χ1) is 8.79. The van der Waals surface area contributed by atoms with Crippen LogP contribution >= 0.6 is 22.6 Å². The molecule has 4 nitrogen and oxygen atoms in total. The topological polar surface area (TPSA) is 49.8 Å². The van der Waals surface area contributed by atoms with Crippen LogP contribution in [0.5, 0.6) is 0 Å². The molecule has 1 heterocycles. The standard InChI is InChI=1S/C13H13IN4/c14-9-2-1-3-11(6-9)18-13-7-12(15-8-16-13)17-10-4-5-10/h1-3,6-8,10H,4-5H2,(H2,15,16,17,18). The molecule has 0 saturated heterocycles. The number of hydrogen-bond donors (Lipinski definition) is 2. The van der Waals surface area contributed by atoms with Crippen molar-refractivity contribution in [2.75, 3.05) is 10.6 Å². The summed E-state index contributed by atoms with van der Waals surface area (Å²) in [5.74, 6) is 1.70. The number of anilines is 3. The summed E-state index contributed by atoms with van der Waals surface area (Å²) in [4.78, 5) is 8.44. The molecule has 2 aromatic rings. The third kappa shape index (κ3) is 3.10. The molecule has 3 rings (SSSR count). The largest absolute Gasteiger partial charge is 0.367 e. The number of hydrogen-bond acceptors (Lipinski definition) is 4. The number of nitrogens with one attached hydrogen (secondary N) is 2. The third-order valence-electron chi connectivity index (χ3n) is 2.69. The molecule has 0 bridgehead atoms. The first kappa shape index (κ1) is 11.7. The highest BCUT2D eigenvalue weighted by molar-refractivity contribution is 14.1. The average molecular weight is 352 g/mol. The summed E-state index contributed by atoms with van der Waals surface area (Å²) in [6.45, 7) is 0. The van der Waals surface area contributed by atoms with Crippen LogP contribution in [0.3, 0.4) is 0 Å². The molecule has 18 heavy (non-hydrogen) atoms. The van der Waals surface area contributed by atoms with E-state index in [9.17, 15) is 0 Å². The van der Waals surface area contributed by atoms with Gasteiger partial charge >= 0.3 is 0 Å². The van der Waals surface area contributed by atoms with Crippen LogP contribution in [-0.4, -0.2) is 16.0 Å². The van der Waals surface area contributed by atoms with Gasteiger partial charge in [0, 0.05) is 21.4 Å². The number of halogens is 1. The SMILES string of the molecule is Ic1cccc(Nc2cc(NC3CC3)ncn2)c1. The van der Waals surface area contributed by atoms with Crippen LogP contribution in [0.4, 0.5) is 17.3 Å². The Hall–Kier alpha value is -1.37. The lowest BCUT2D eigenvalue weighted by atomic mass is 10.3. The van der Waals surface area contributed by atoms with Crippen LogP contribution in [0.2, 0.25) is 0 Å². The molecule has 92 valence electrons. The zero-order valence-electron chi connectivity index (χ0n) is 9.73. The number of aromatic nitrogens is 2. The van der Waals surface area contributed by atoms with E-state index in [1.54, 1.807) is 6.33 Å². The van der Waals surface area contributed by atoms with E-state index in [4.69, 9.17) is 0 Å². The van der Waals surface area contributed by atoms with Crippen molar-refractivity contribution in [2.24, 2.45) is 0 Å². The van der Waals surface area contributed by atoms with Crippen molar-refractivity contribution < 1.29 is 0 Å². The summed E-state index contributed by atoms with van der Waals surface area (Å²) in [7, 11) is 0. The Morgan fingerprint density at radius 3 is 2.72 bits per heavy atom. The van der Waals surface area contributed by atoms with Gasteiger partial charge in [0.25, 0.3) is 0 Å².